The van der Waals surface area contributed by atoms with Gasteiger partial charge in [-0.15, -0.1) is 0 Å². The van der Waals surface area contributed by atoms with E-state index >= 15 is 0 Å². The summed E-state index contributed by atoms with van der Waals surface area (Å²) < 4.78 is 4.99. The van der Waals surface area contributed by atoms with Crippen molar-refractivity contribution in [1.82, 2.24) is 0 Å². The van der Waals surface area contributed by atoms with Crippen LogP contribution in [0.4, 0.5) is 0 Å². The average Bonchev–Trinajstić information content (AvgIpc) is 2.00. The smallest absolute Gasteiger partial charge is 0.0467 e. The predicted molar refractivity (Wildman–Crippen MR) is 43.9 cm³/mol. The van der Waals surface area contributed by atoms with Gasteiger partial charge < -0.3 is 10.5 Å². The van der Waals surface area contributed by atoms with Crippen LogP contribution in [-0.4, -0.2) is 20.3 Å². The Kier molecular flexibility index (Phi) is 4.65. The van der Waals surface area contributed by atoms with Crippen LogP contribution in [0.5, 0.6) is 0 Å². The molecule has 2 N–H and O–H groups in total. The van der Waals surface area contributed by atoms with E-state index in [1.54, 1.807) is 7.11 Å². The van der Waals surface area contributed by atoms with E-state index in [-0.39, 0.29) is 5.41 Å². The summed E-state index contributed by atoms with van der Waals surface area (Å²) in [4.78, 5) is 0. The number of ether oxygens (including phenoxy) is 1. The van der Waals surface area contributed by atoms with Gasteiger partial charge in [-0.25, -0.2) is 0 Å². The van der Waals surface area contributed by atoms with Gasteiger partial charge in [-0.3, -0.25) is 0 Å². The third-order valence-corrected chi connectivity index (χ3v) is 2.26. The Morgan fingerprint density at radius 2 is 2.10 bits per heavy atom. The first-order valence-corrected chi connectivity index (χ1v) is 3.87. The summed E-state index contributed by atoms with van der Waals surface area (Å²) in [5.41, 5.74) is 5.89. The molecule has 2 nitrogen and oxygen atoms in total. The largest absolute Gasteiger partial charge is 0.385 e. The second kappa shape index (κ2) is 4.69. The highest BCUT2D eigenvalue weighted by Crippen LogP contribution is 2.23. The number of nitrogens with two attached hydrogens (primary N) is 1. The lowest BCUT2D eigenvalue weighted by molar-refractivity contribution is 0.145. The summed E-state index contributed by atoms with van der Waals surface area (Å²) in [5, 5.41) is 0. The van der Waals surface area contributed by atoms with Crippen LogP contribution in [0.2, 0.25) is 0 Å². The van der Waals surface area contributed by atoms with Gasteiger partial charge in [0.1, 0.15) is 0 Å². The molecule has 0 aliphatic carbocycles. The fourth-order valence-corrected chi connectivity index (χ4v) is 0.772. The van der Waals surface area contributed by atoms with Gasteiger partial charge in [0, 0.05) is 13.7 Å². The van der Waals surface area contributed by atoms with Crippen LogP contribution >= 0.6 is 0 Å². The Morgan fingerprint density at radius 1 is 1.50 bits per heavy atom. The van der Waals surface area contributed by atoms with Crippen LogP contribution in [0.25, 0.3) is 0 Å². The van der Waals surface area contributed by atoms with Crippen molar-refractivity contribution in [3.8, 4) is 0 Å². The zero-order valence-electron chi connectivity index (χ0n) is 7.31. The maximum Gasteiger partial charge on any atom is 0.0467 e. The summed E-state index contributed by atoms with van der Waals surface area (Å²) >= 11 is 0. The molecule has 0 aliphatic rings. The molecule has 0 heterocycles. The average molecular weight is 145 g/mol. The quantitative estimate of drug-likeness (QED) is 0.634. The molecule has 0 amide bonds. The van der Waals surface area contributed by atoms with Crippen LogP contribution in [0, 0.1) is 5.41 Å². The molecule has 1 unspecified atom stereocenters. The molecule has 2 heteroatoms. The van der Waals surface area contributed by atoms with Gasteiger partial charge in [0.05, 0.1) is 0 Å². The molecule has 0 aromatic carbocycles. The standard InChI is InChI=1S/C8H19NO/c1-4-8(2,7-9)5-6-10-3/h4-7,9H2,1-3H3. The molecule has 0 aliphatic heterocycles. The molecule has 10 heavy (non-hydrogen) atoms. The van der Waals surface area contributed by atoms with E-state index in [4.69, 9.17) is 10.5 Å². The van der Waals surface area contributed by atoms with Crippen molar-refractivity contribution in [2.75, 3.05) is 20.3 Å². The first-order chi connectivity index (χ1) is 4.68. The number of rotatable bonds is 5. The van der Waals surface area contributed by atoms with Crippen LogP contribution in [0.3, 0.4) is 0 Å². The molecule has 0 bridgehead atoms. The minimum absolute atomic E-state index is 0.288. The fraction of sp³-hybridized carbons (Fsp3) is 1.00. The van der Waals surface area contributed by atoms with Gasteiger partial charge in [0.2, 0.25) is 0 Å². The summed E-state index contributed by atoms with van der Waals surface area (Å²) in [6.45, 7) is 5.95. The summed E-state index contributed by atoms with van der Waals surface area (Å²) in [7, 11) is 1.73. The molecule has 0 spiro atoms. The second-order valence-electron chi connectivity index (χ2n) is 3.11. The van der Waals surface area contributed by atoms with E-state index in [1.165, 1.54) is 0 Å². The molecular weight excluding hydrogens is 126 g/mol. The highest BCUT2D eigenvalue weighted by molar-refractivity contribution is 4.72. The molecule has 0 rings (SSSR count). The first-order valence-electron chi connectivity index (χ1n) is 3.87. The van der Waals surface area contributed by atoms with Gasteiger partial charge >= 0.3 is 0 Å². The molecule has 0 saturated heterocycles. The van der Waals surface area contributed by atoms with E-state index in [1.807, 2.05) is 0 Å². The topological polar surface area (TPSA) is 35.2 Å². The Bertz CT molecular complexity index is 79.3. The number of methoxy groups -OCH3 is 1. The monoisotopic (exact) mass is 145 g/mol. The second-order valence-corrected chi connectivity index (χ2v) is 3.11. The molecule has 0 aromatic rings. The van der Waals surface area contributed by atoms with Gasteiger partial charge in [-0.2, -0.15) is 0 Å². The van der Waals surface area contributed by atoms with Crippen molar-refractivity contribution < 1.29 is 4.74 Å². The Labute approximate surface area is 63.7 Å². The normalized spacial score (nSPS) is 16.8. The molecule has 62 valence electrons. The minimum Gasteiger partial charge on any atom is -0.385 e. The molecule has 0 saturated carbocycles. The zero-order chi connectivity index (χ0) is 8.04. The summed E-state index contributed by atoms with van der Waals surface area (Å²) in [6.07, 6.45) is 2.20. The van der Waals surface area contributed by atoms with Crippen molar-refractivity contribution in [3.63, 3.8) is 0 Å². The molecular formula is C8H19NO. The third kappa shape index (κ3) is 3.18. The molecule has 0 aromatic heterocycles. The Balaban J connectivity index is 3.58. The number of hydrogen-bond donors (Lipinski definition) is 1. The van der Waals surface area contributed by atoms with E-state index in [2.05, 4.69) is 13.8 Å². The number of hydrogen-bond acceptors (Lipinski definition) is 2. The van der Waals surface area contributed by atoms with Crippen LogP contribution < -0.4 is 5.73 Å². The SMILES string of the molecule is CCC(C)(CN)CCOC. The van der Waals surface area contributed by atoms with Crippen LogP contribution in [0.1, 0.15) is 26.7 Å². The van der Waals surface area contributed by atoms with E-state index < -0.39 is 0 Å². The summed E-state index contributed by atoms with van der Waals surface area (Å²) in [6, 6.07) is 0. The van der Waals surface area contributed by atoms with Crippen molar-refractivity contribution in [1.29, 1.82) is 0 Å². The lowest BCUT2D eigenvalue weighted by Gasteiger charge is -2.25. The minimum atomic E-state index is 0.288. The lowest BCUT2D eigenvalue weighted by atomic mass is 9.85. The Morgan fingerprint density at radius 3 is 2.40 bits per heavy atom. The van der Waals surface area contributed by atoms with Gasteiger partial charge in [-0.1, -0.05) is 13.8 Å². The molecule has 1 atom stereocenters. The summed E-state index contributed by atoms with van der Waals surface area (Å²) in [5.74, 6) is 0. The lowest BCUT2D eigenvalue weighted by Crippen LogP contribution is -2.27. The van der Waals surface area contributed by atoms with Gasteiger partial charge in [0.25, 0.3) is 0 Å². The molecule has 0 fully saturated rings. The maximum atomic E-state index is 5.60. The van der Waals surface area contributed by atoms with Crippen molar-refractivity contribution in [2.45, 2.75) is 26.7 Å². The first kappa shape index (κ1) is 9.92. The van der Waals surface area contributed by atoms with Gasteiger partial charge in [-0.05, 0) is 24.8 Å². The highest BCUT2D eigenvalue weighted by atomic mass is 16.5. The fourth-order valence-electron chi connectivity index (χ4n) is 0.772. The van der Waals surface area contributed by atoms with Crippen molar-refractivity contribution in [3.05, 3.63) is 0 Å². The van der Waals surface area contributed by atoms with Crippen LogP contribution in [0.15, 0.2) is 0 Å². The van der Waals surface area contributed by atoms with Crippen LogP contribution in [-0.2, 0) is 4.74 Å². The highest BCUT2D eigenvalue weighted by Gasteiger charge is 2.18. The van der Waals surface area contributed by atoms with E-state index in [9.17, 15) is 0 Å². The predicted octanol–water partition coefficient (Wildman–Crippen LogP) is 1.40. The maximum absolute atomic E-state index is 5.60. The van der Waals surface area contributed by atoms with Crippen molar-refractivity contribution >= 4 is 0 Å². The Hall–Kier alpha value is -0.0800. The third-order valence-electron chi connectivity index (χ3n) is 2.26. The van der Waals surface area contributed by atoms with E-state index in [0.717, 1.165) is 26.0 Å². The zero-order valence-corrected chi connectivity index (χ0v) is 7.31. The van der Waals surface area contributed by atoms with Crippen molar-refractivity contribution in [2.24, 2.45) is 11.1 Å². The molecule has 0 radical (unpaired) electrons. The van der Waals surface area contributed by atoms with Gasteiger partial charge in [0.15, 0.2) is 0 Å². The van der Waals surface area contributed by atoms with E-state index in [0.29, 0.717) is 0 Å².